The van der Waals surface area contributed by atoms with Gasteiger partial charge in [-0.2, -0.15) is 0 Å². The summed E-state index contributed by atoms with van der Waals surface area (Å²) < 4.78 is 0. The molecule has 0 spiro atoms. The maximum Gasteiger partial charge on any atom is 0.130 e. The van der Waals surface area contributed by atoms with Gasteiger partial charge in [-0.3, -0.25) is 0 Å². The van der Waals surface area contributed by atoms with E-state index in [1.165, 1.54) is 5.56 Å². The van der Waals surface area contributed by atoms with Gasteiger partial charge in [0.25, 0.3) is 0 Å². The Balaban J connectivity index is 2.27. The molecule has 0 aromatic heterocycles. The van der Waals surface area contributed by atoms with Crippen molar-refractivity contribution in [2.24, 2.45) is 0 Å². The number of ketones is 1. The summed E-state index contributed by atoms with van der Waals surface area (Å²) >= 11 is 6.18. The van der Waals surface area contributed by atoms with E-state index in [0.29, 0.717) is 6.42 Å². The lowest BCUT2D eigenvalue weighted by Gasteiger charge is -2.06. The van der Waals surface area contributed by atoms with Crippen molar-refractivity contribution in [2.45, 2.75) is 19.8 Å². The molecule has 0 atom stereocenters. The van der Waals surface area contributed by atoms with Crippen molar-refractivity contribution in [3.05, 3.63) is 59.1 Å². The number of carbonyl (C=O) groups excluding carboxylic acids is 1. The van der Waals surface area contributed by atoms with E-state index in [4.69, 9.17) is 11.6 Å². The second-order valence-electron chi connectivity index (χ2n) is 4.38. The zero-order valence-corrected chi connectivity index (χ0v) is 11.1. The van der Waals surface area contributed by atoms with Crippen LogP contribution >= 0.6 is 11.6 Å². The third kappa shape index (κ3) is 3.21. The lowest BCUT2D eigenvalue weighted by Crippen LogP contribution is -1.94. The predicted octanol–water partition coefficient (Wildman–Crippen LogP) is 4.53. The third-order valence-electron chi connectivity index (χ3n) is 2.88. The minimum Gasteiger partial charge on any atom is -0.300 e. The molecule has 0 aliphatic carbocycles. The summed E-state index contributed by atoms with van der Waals surface area (Å²) in [6.45, 7) is 1.62. The van der Waals surface area contributed by atoms with Crippen LogP contribution in [-0.4, -0.2) is 5.78 Å². The second kappa shape index (κ2) is 5.83. The summed E-state index contributed by atoms with van der Waals surface area (Å²) in [5.74, 6) is 0.221. The summed E-state index contributed by atoms with van der Waals surface area (Å²) in [6.07, 6.45) is 1.37. The average Bonchev–Trinajstić information content (AvgIpc) is 2.37. The van der Waals surface area contributed by atoms with Gasteiger partial charge in [0.2, 0.25) is 0 Å². The summed E-state index contributed by atoms with van der Waals surface area (Å²) in [4.78, 5) is 11.0. The van der Waals surface area contributed by atoms with E-state index in [1.54, 1.807) is 6.92 Å². The number of benzene rings is 2. The number of Topliss-reactive ketones (excluding diaryl/α,β-unsaturated/α-hetero) is 1. The largest absolute Gasteiger partial charge is 0.300 e. The maximum absolute atomic E-state index is 11.0. The van der Waals surface area contributed by atoms with E-state index in [-0.39, 0.29) is 5.78 Å². The Morgan fingerprint density at radius 2 is 1.89 bits per heavy atom. The lowest BCUT2D eigenvalue weighted by molar-refractivity contribution is -0.116. The first kappa shape index (κ1) is 12.8. The standard InChI is InChI=1S/C16H15ClO/c1-12(18)9-10-13-5-4-6-14(11-13)15-7-2-3-8-16(15)17/h2-8,11H,9-10H2,1H3. The Labute approximate surface area is 112 Å². The van der Waals surface area contributed by atoms with Crippen molar-refractivity contribution in [1.82, 2.24) is 0 Å². The molecule has 0 heterocycles. The summed E-state index contributed by atoms with van der Waals surface area (Å²) in [7, 11) is 0. The molecule has 0 bridgehead atoms. The molecule has 0 fully saturated rings. The fourth-order valence-corrected chi connectivity index (χ4v) is 2.15. The molecular weight excluding hydrogens is 244 g/mol. The number of halogens is 1. The van der Waals surface area contributed by atoms with Crippen LogP contribution in [0.4, 0.5) is 0 Å². The minimum atomic E-state index is 0.221. The average molecular weight is 259 g/mol. The molecule has 0 aliphatic heterocycles. The second-order valence-corrected chi connectivity index (χ2v) is 4.79. The molecular formula is C16H15ClO. The topological polar surface area (TPSA) is 17.1 Å². The van der Waals surface area contributed by atoms with Crippen LogP contribution in [0.1, 0.15) is 18.9 Å². The molecule has 2 heteroatoms. The van der Waals surface area contributed by atoms with Gasteiger partial charge in [-0.05, 0) is 30.5 Å². The van der Waals surface area contributed by atoms with E-state index in [1.807, 2.05) is 42.5 Å². The first-order valence-electron chi connectivity index (χ1n) is 6.00. The van der Waals surface area contributed by atoms with Crippen molar-refractivity contribution in [2.75, 3.05) is 0 Å². The lowest BCUT2D eigenvalue weighted by atomic mass is 10.0. The Hall–Kier alpha value is -1.60. The first-order chi connectivity index (χ1) is 8.66. The Bertz CT molecular complexity index is 561. The molecule has 0 amide bonds. The Morgan fingerprint density at radius 1 is 1.11 bits per heavy atom. The molecule has 1 nitrogen and oxygen atoms in total. The molecule has 92 valence electrons. The van der Waals surface area contributed by atoms with E-state index in [9.17, 15) is 4.79 Å². The van der Waals surface area contributed by atoms with Crippen LogP contribution in [0.15, 0.2) is 48.5 Å². The van der Waals surface area contributed by atoms with Gasteiger partial charge >= 0.3 is 0 Å². The molecule has 2 aromatic carbocycles. The smallest absolute Gasteiger partial charge is 0.130 e. The van der Waals surface area contributed by atoms with Crippen LogP contribution in [0.25, 0.3) is 11.1 Å². The first-order valence-corrected chi connectivity index (χ1v) is 6.38. The highest BCUT2D eigenvalue weighted by Gasteiger charge is 2.04. The van der Waals surface area contributed by atoms with Crippen LogP contribution in [0.3, 0.4) is 0 Å². The SMILES string of the molecule is CC(=O)CCc1cccc(-c2ccccc2Cl)c1. The van der Waals surface area contributed by atoms with Gasteiger partial charge in [0.15, 0.2) is 0 Å². The molecule has 18 heavy (non-hydrogen) atoms. The number of aryl methyl sites for hydroxylation is 1. The zero-order valence-electron chi connectivity index (χ0n) is 10.3. The number of hydrogen-bond acceptors (Lipinski definition) is 1. The summed E-state index contributed by atoms with van der Waals surface area (Å²) in [5, 5.41) is 0.751. The van der Waals surface area contributed by atoms with Crippen molar-refractivity contribution in [3.63, 3.8) is 0 Å². The molecule has 2 aromatic rings. The monoisotopic (exact) mass is 258 g/mol. The molecule has 0 unspecified atom stereocenters. The highest BCUT2D eigenvalue weighted by Crippen LogP contribution is 2.28. The van der Waals surface area contributed by atoms with Gasteiger partial charge in [-0.15, -0.1) is 0 Å². The number of hydrogen-bond donors (Lipinski definition) is 0. The van der Waals surface area contributed by atoms with Crippen molar-refractivity contribution in [1.29, 1.82) is 0 Å². The third-order valence-corrected chi connectivity index (χ3v) is 3.21. The fraction of sp³-hybridized carbons (Fsp3) is 0.188. The van der Waals surface area contributed by atoms with Gasteiger partial charge in [-0.25, -0.2) is 0 Å². The van der Waals surface area contributed by atoms with Crippen molar-refractivity contribution in [3.8, 4) is 11.1 Å². The van der Waals surface area contributed by atoms with E-state index < -0.39 is 0 Å². The van der Waals surface area contributed by atoms with Gasteiger partial charge in [0.1, 0.15) is 5.78 Å². The molecule has 0 N–H and O–H groups in total. The van der Waals surface area contributed by atoms with E-state index >= 15 is 0 Å². The van der Waals surface area contributed by atoms with Crippen LogP contribution in [0.5, 0.6) is 0 Å². The highest BCUT2D eigenvalue weighted by atomic mass is 35.5. The quantitative estimate of drug-likeness (QED) is 0.788. The molecule has 2 rings (SSSR count). The van der Waals surface area contributed by atoms with Crippen molar-refractivity contribution < 1.29 is 4.79 Å². The van der Waals surface area contributed by atoms with Gasteiger partial charge in [0.05, 0.1) is 0 Å². The van der Waals surface area contributed by atoms with Gasteiger partial charge < -0.3 is 4.79 Å². The Morgan fingerprint density at radius 3 is 2.61 bits per heavy atom. The molecule has 0 saturated heterocycles. The van der Waals surface area contributed by atoms with Gasteiger partial charge in [-0.1, -0.05) is 54.1 Å². The summed E-state index contributed by atoms with van der Waals surface area (Å²) in [6, 6.07) is 16.0. The maximum atomic E-state index is 11.0. The fourth-order valence-electron chi connectivity index (χ4n) is 1.91. The minimum absolute atomic E-state index is 0.221. The highest BCUT2D eigenvalue weighted by molar-refractivity contribution is 6.33. The van der Waals surface area contributed by atoms with Crippen LogP contribution < -0.4 is 0 Å². The van der Waals surface area contributed by atoms with E-state index in [0.717, 1.165) is 22.6 Å². The normalized spacial score (nSPS) is 10.3. The Kier molecular flexibility index (Phi) is 4.16. The number of rotatable bonds is 4. The van der Waals surface area contributed by atoms with Crippen LogP contribution in [0, 0.1) is 0 Å². The zero-order chi connectivity index (χ0) is 13.0. The molecule has 0 radical (unpaired) electrons. The predicted molar refractivity (Wildman–Crippen MR) is 75.9 cm³/mol. The molecule has 0 aliphatic rings. The summed E-state index contributed by atoms with van der Waals surface area (Å²) in [5.41, 5.74) is 3.30. The van der Waals surface area contributed by atoms with Crippen LogP contribution in [-0.2, 0) is 11.2 Å². The van der Waals surface area contributed by atoms with Gasteiger partial charge in [0, 0.05) is 17.0 Å². The molecule has 0 saturated carbocycles. The number of carbonyl (C=O) groups is 1. The van der Waals surface area contributed by atoms with Crippen LogP contribution in [0.2, 0.25) is 5.02 Å². The van der Waals surface area contributed by atoms with E-state index in [2.05, 4.69) is 6.07 Å². The van der Waals surface area contributed by atoms with Crippen molar-refractivity contribution >= 4 is 17.4 Å².